The molecule has 106 valence electrons. The molecule has 1 aromatic carbocycles. The highest BCUT2D eigenvalue weighted by Crippen LogP contribution is 2.26. The fourth-order valence-electron chi connectivity index (χ4n) is 2.24. The molecule has 0 aliphatic carbocycles. The second kappa shape index (κ2) is 7.46. The molecular formula is C17H22N2S. The van der Waals surface area contributed by atoms with Crippen LogP contribution < -0.4 is 5.32 Å². The number of hydrogen-bond acceptors (Lipinski definition) is 3. The number of nitrogens with zero attached hydrogens (tertiary/aromatic N) is 1. The first-order chi connectivity index (χ1) is 9.70. The van der Waals surface area contributed by atoms with Crippen molar-refractivity contribution in [3.63, 3.8) is 0 Å². The lowest BCUT2D eigenvalue weighted by molar-refractivity contribution is 0.602. The summed E-state index contributed by atoms with van der Waals surface area (Å²) in [7, 11) is 0. The highest BCUT2D eigenvalue weighted by atomic mass is 32.2. The van der Waals surface area contributed by atoms with Gasteiger partial charge in [0.05, 0.1) is 5.03 Å². The predicted octanol–water partition coefficient (Wildman–Crippen LogP) is 4.14. The standard InChI is InChI=1S/C17H22N2S/c1-4-18-16(12-20-17-7-5-6-10-19-17)15-11-13(2)8-9-14(15)3/h5-11,16,18H,4,12H2,1-3H3. The van der Waals surface area contributed by atoms with E-state index in [1.54, 1.807) is 11.8 Å². The predicted molar refractivity (Wildman–Crippen MR) is 87.3 cm³/mol. The molecule has 1 aromatic heterocycles. The van der Waals surface area contributed by atoms with E-state index >= 15 is 0 Å². The number of hydrogen-bond donors (Lipinski definition) is 1. The van der Waals surface area contributed by atoms with Crippen LogP contribution in [0.15, 0.2) is 47.6 Å². The quantitative estimate of drug-likeness (QED) is 0.808. The maximum atomic E-state index is 4.38. The second-order valence-corrected chi connectivity index (χ2v) is 5.99. The lowest BCUT2D eigenvalue weighted by atomic mass is 10.00. The van der Waals surface area contributed by atoms with Crippen LogP contribution >= 0.6 is 11.8 Å². The largest absolute Gasteiger partial charge is 0.309 e. The average Bonchev–Trinajstić information content (AvgIpc) is 2.47. The lowest BCUT2D eigenvalue weighted by Crippen LogP contribution is -2.23. The first kappa shape index (κ1) is 15.1. The van der Waals surface area contributed by atoms with Gasteiger partial charge in [-0.25, -0.2) is 4.98 Å². The Balaban J connectivity index is 2.12. The van der Waals surface area contributed by atoms with Crippen molar-refractivity contribution >= 4 is 11.8 Å². The second-order valence-electron chi connectivity index (χ2n) is 4.95. The van der Waals surface area contributed by atoms with Crippen molar-refractivity contribution in [2.75, 3.05) is 12.3 Å². The van der Waals surface area contributed by atoms with Gasteiger partial charge in [0.2, 0.25) is 0 Å². The van der Waals surface area contributed by atoms with Crippen LogP contribution in [0.3, 0.4) is 0 Å². The molecule has 0 spiro atoms. The summed E-state index contributed by atoms with van der Waals surface area (Å²) in [6.07, 6.45) is 1.85. The van der Waals surface area contributed by atoms with Crippen LogP contribution in [0.2, 0.25) is 0 Å². The number of aromatic nitrogens is 1. The molecule has 0 bridgehead atoms. The van der Waals surface area contributed by atoms with Gasteiger partial charge in [0.15, 0.2) is 0 Å². The zero-order valence-electron chi connectivity index (χ0n) is 12.4. The van der Waals surface area contributed by atoms with E-state index in [2.05, 4.69) is 55.3 Å². The monoisotopic (exact) mass is 286 g/mol. The third-order valence-corrected chi connectivity index (χ3v) is 4.33. The van der Waals surface area contributed by atoms with Gasteiger partial charge in [-0.3, -0.25) is 0 Å². The zero-order chi connectivity index (χ0) is 14.4. The Morgan fingerprint density at radius 3 is 2.75 bits per heavy atom. The van der Waals surface area contributed by atoms with Crippen molar-refractivity contribution < 1.29 is 0 Å². The minimum Gasteiger partial charge on any atom is -0.309 e. The zero-order valence-corrected chi connectivity index (χ0v) is 13.2. The molecular weight excluding hydrogens is 264 g/mol. The molecule has 0 radical (unpaired) electrons. The Bertz CT molecular complexity index is 540. The van der Waals surface area contributed by atoms with Crippen molar-refractivity contribution in [1.82, 2.24) is 10.3 Å². The average molecular weight is 286 g/mol. The Morgan fingerprint density at radius 1 is 1.20 bits per heavy atom. The van der Waals surface area contributed by atoms with Crippen molar-refractivity contribution in [3.05, 3.63) is 59.3 Å². The van der Waals surface area contributed by atoms with Gasteiger partial charge in [0, 0.05) is 18.0 Å². The summed E-state index contributed by atoms with van der Waals surface area (Å²) in [6, 6.07) is 13.1. The Hall–Kier alpha value is -1.32. The van der Waals surface area contributed by atoms with Crippen molar-refractivity contribution in [3.8, 4) is 0 Å². The summed E-state index contributed by atoms with van der Waals surface area (Å²) in [5.74, 6) is 0.995. The van der Waals surface area contributed by atoms with E-state index in [0.717, 1.165) is 17.3 Å². The van der Waals surface area contributed by atoms with E-state index in [-0.39, 0.29) is 0 Å². The molecule has 0 aliphatic heterocycles. The molecule has 1 unspecified atom stereocenters. The molecule has 2 aromatic rings. The number of benzene rings is 1. The van der Waals surface area contributed by atoms with Gasteiger partial charge in [-0.05, 0) is 43.7 Å². The molecule has 0 amide bonds. The Kier molecular flexibility index (Phi) is 5.62. The summed E-state index contributed by atoms with van der Waals surface area (Å²) in [5, 5.41) is 4.67. The topological polar surface area (TPSA) is 24.9 Å². The normalized spacial score (nSPS) is 12.3. The molecule has 1 N–H and O–H groups in total. The lowest BCUT2D eigenvalue weighted by Gasteiger charge is -2.20. The van der Waals surface area contributed by atoms with Gasteiger partial charge in [-0.2, -0.15) is 0 Å². The summed E-state index contributed by atoms with van der Waals surface area (Å²) >= 11 is 1.80. The number of pyridine rings is 1. The molecule has 1 atom stereocenters. The van der Waals surface area contributed by atoms with Crippen LogP contribution in [0, 0.1) is 13.8 Å². The van der Waals surface area contributed by atoms with Gasteiger partial charge in [0.1, 0.15) is 0 Å². The maximum Gasteiger partial charge on any atom is 0.0960 e. The maximum absolute atomic E-state index is 4.38. The molecule has 0 aliphatic rings. The van der Waals surface area contributed by atoms with Crippen LogP contribution in [0.4, 0.5) is 0 Å². The van der Waals surface area contributed by atoms with E-state index in [1.165, 1.54) is 16.7 Å². The van der Waals surface area contributed by atoms with Crippen LogP contribution in [-0.4, -0.2) is 17.3 Å². The van der Waals surface area contributed by atoms with Gasteiger partial charge in [0.25, 0.3) is 0 Å². The molecule has 3 heteroatoms. The fraction of sp³-hybridized carbons (Fsp3) is 0.353. The molecule has 2 rings (SSSR count). The number of aryl methyl sites for hydroxylation is 2. The summed E-state index contributed by atoms with van der Waals surface area (Å²) in [6.45, 7) is 7.47. The number of rotatable bonds is 6. The Labute approximate surface area is 126 Å². The third-order valence-electron chi connectivity index (χ3n) is 3.30. The SMILES string of the molecule is CCNC(CSc1ccccn1)c1cc(C)ccc1C. The molecule has 0 saturated carbocycles. The summed E-state index contributed by atoms with van der Waals surface area (Å²) in [5.41, 5.74) is 4.06. The van der Waals surface area contributed by atoms with Crippen molar-refractivity contribution in [2.45, 2.75) is 31.8 Å². The molecule has 0 saturated heterocycles. The highest BCUT2D eigenvalue weighted by Gasteiger charge is 2.13. The minimum atomic E-state index is 0.368. The molecule has 0 fully saturated rings. The van der Waals surface area contributed by atoms with Crippen molar-refractivity contribution in [1.29, 1.82) is 0 Å². The van der Waals surface area contributed by atoms with Crippen molar-refractivity contribution in [2.24, 2.45) is 0 Å². The summed E-state index contributed by atoms with van der Waals surface area (Å²) < 4.78 is 0. The first-order valence-corrected chi connectivity index (χ1v) is 8.03. The van der Waals surface area contributed by atoms with Crippen LogP contribution in [-0.2, 0) is 0 Å². The van der Waals surface area contributed by atoms with Gasteiger partial charge in [-0.15, -0.1) is 11.8 Å². The van der Waals surface area contributed by atoms with Gasteiger partial charge >= 0.3 is 0 Å². The van der Waals surface area contributed by atoms with E-state index in [1.807, 2.05) is 18.3 Å². The molecule has 1 heterocycles. The molecule has 20 heavy (non-hydrogen) atoms. The van der Waals surface area contributed by atoms with E-state index in [0.29, 0.717) is 6.04 Å². The van der Waals surface area contributed by atoms with Crippen LogP contribution in [0.1, 0.15) is 29.7 Å². The van der Waals surface area contributed by atoms with Crippen LogP contribution in [0.5, 0.6) is 0 Å². The van der Waals surface area contributed by atoms with E-state index in [4.69, 9.17) is 0 Å². The minimum absolute atomic E-state index is 0.368. The smallest absolute Gasteiger partial charge is 0.0960 e. The van der Waals surface area contributed by atoms with Gasteiger partial charge < -0.3 is 5.32 Å². The number of thioether (sulfide) groups is 1. The van der Waals surface area contributed by atoms with E-state index in [9.17, 15) is 0 Å². The number of nitrogens with one attached hydrogen (secondary N) is 1. The summed E-state index contributed by atoms with van der Waals surface area (Å²) in [4.78, 5) is 4.38. The molecule has 2 nitrogen and oxygen atoms in total. The highest BCUT2D eigenvalue weighted by molar-refractivity contribution is 7.99. The van der Waals surface area contributed by atoms with E-state index < -0.39 is 0 Å². The van der Waals surface area contributed by atoms with Crippen LogP contribution in [0.25, 0.3) is 0 Å². The first-order valence-electron chi connectivity index (χ1n) is 7.05. The fourth-order valence-corrected chi connectivity index (χ4v) is 3.19. The van der Waals surface area contributed by atoms with Gasteiger partial charge in [-0.1, -0.05) is 36.8 Å². The third kappa shape index (κ3) is 4.09. The Morgan fingerprint density at radius 2 is 2.05 bits per heavy atom.